The standard InChI is InChI=1S/C10H17N3O4/c1-13-6-4-7(9(13)16)12-10(17)11-5-2-3-8(14)15/h7H,2-6H2,1H3,(H,14,15)(H2,11,12,17). The maximum Gasteiger partial charge on any atom is 0.315 e. The molecule has 1 saturated heterocycles. The minimum atomic E-state index is -0.889. The lowest BCUT2D eigenvalue weighted by Gasteiger charge is -2.12. The zero-order chi connectivity index (χ0) is 12.8. The smallest absolute Gasteiger partial charge is 0.315 e. The Labute approximate surface area is 99.2 Å². The molecule has 0 saturated carbocycles. The molecule has 1 fully saturated rings. The Hall–Kier alpha value is -1.79. The molecule has 1 aliphatic heterocycles. The van der Waals surface area contributed by atoms with Crippen LogP contribution in [-0.4, -0.2) is 54.1 Å². The fourth-order valence-corrected chi connectivity index (χ4v) is 1.61. The zero-order valence-corrected chi connectivity index (χ0v) is 9.73. The summed E-state index contributed by atoms with van der Waals surface area (Å²) in [6, 6.07) is -0.886. The number of hydrogen-bond donors (Lipinski definition) is 3. The van der Waals surface area contributed by atoms with E-state index >= 15 is 0 Å². The molecule has 1 rings (SSSR count). The number of amides is 3. The summed E-state index contributed by atoms with van der Waals surface area (Å²) in [5.41, 5.74) is 0. The van der Waals surface area contributed by atoms with Crippen LogP contribution in [0.1, 0.15) is 19.3 Å². The van der Waals surface area contributed by atoms with E-state index in [0.717, 1.165) is 0 Å². The molecule has 7 nitrogen and oxygen atoms in total. The van der Waals surface area contributed by atoms with Gasteiger partial charge in [-0.05, 0) is 12.8 Å². The Morgan fingerprint density at radius 3 is 2.76 bits per heavy atom. The van der Waals surface area contributed by atoms with Gasteiger partial charge in [0, 0.05) is 26.6 Å². The van der Waals surface area contributed by atoms with Gasteiger partial charge in [-0.1, -0.05) is 0 Å². The van der Waals surface area contributed by atoms with Crippen LogP contribution in [0, 0.1) is 0 Å². The Kier molecular flexibility index (Phi) is 4.74. The lowest BCUT2D eigenvalue weighted by molar-refractivity contribution is -0.137. The summed E-state index contributed by atoms with van der Waals surface area (Å²) < 4.78 is 0. The van der Waals surface area contributed by atoms with Crippen LogP contribution in [0.4, 0.5) is 4.79 Å². The van der Waals surface area contributed by atoms with Crippen molar-refractivity contribution in [2.75, 3.05) is 20.1 Å². The number of urea groups is 1. The van der Waals surface area contributed by atoms with Gasteiger partial charge < -0.3 is 20.6 Å². The third-order valence-corrected chi connectivity index (χ3v) is 2.59. The summed E-state index contributed by atoms with van der Waals surface area (Å²) in [5, 5.41) is 13.5. The second kappa shape index (κ2) is 6.07. The second-order valence-corrected chi connectivity index (χ2v) is 4.00. The lowest BCUT2D eigenvalue weighted by Crippen LogP contribution is -2.45. The summed E-state index contributed by atoms with van der Waals surface area (Å²) in [6.45, 7) is 0.928. The predicted octanol–water partition coefficient (Wildman–Crippen LogP) is -0.619. The number of nitrogens with one attached hydrogen (secondary N) is 2. The van der Waals surface area contributed by atoms with Crippen molar-refractivity contribution in [1.29, 1.82) is 0 Å². The molecule has 0 radical (unpaired) electrons. The summed E-state index contributed by atoms with van der Waals surface area (Å²) in [4.78, 5) is 34.6. The number of carboxylic acids is 1. The van der Waals surface area contributed by atoms with Crippen molar-refractivity contribution in [3.8, 4) is 0 Å². The minimum Gasteiger partial charge on any atom is -0.481 e. The molecule has 0 aromatic heterocycles. The number of rotatable bonds is 5. The number of hydrogen-bond acceptors (Lipinski definition) is 3. The Balaban J connectivity index is 2.17. The number of aliphatic carboxylic acids is 1. The highest BCUT2D eigenvalue weighted by molar-refractivity contribution is 5.88. The number of carboxylic acid groups (broad SMARTS) is 1. The van der Waals surface area contributed by atoms with Crippen molar-refractivity contribution in [3.05, 3.63) is 0 Å². The zero-order valence-electron chi connectivity index (χ0n) is 9.73. The van der Waals surface area contributed by atoms with Gasteiger partial charge in [-0.15, -0.1) is 0 Å². The van der Waals surface area contributed by atoms with Crippen molar-refractivity contribution >= 4 is 17.9 Å². The van der Waals surface area contributed by atoms with Crippen LogP contribution in [0.5, 0.6) is 0 Å². The summed E-state index contributed by atoms with van der Waals surface area (Å²) >= 11 is 0. The number of carbonyl (C=O) groups is 3. The van der Waals surface area contributed by atoms with E-state index in [-0.39, 0.29) is 18.9 Å². The van der Waals surface area contributed by atoms with E-state index in [4.69, 9.17) is 5.11 Å². The number of nitrogens with zero attached hydrogens (tertiary/aromatic N) is 1. The molecule has 1 unspecified atom stereocenters. The van der Waals surface area contributed by atoms with E-state index in [0.29, 0.717) is 19.4 Å². The maximum atomic E-state index is 11.5. The van der Waals surface area contributed by atoms with Crippen LogP contribution >= 0.6 is 0 Å². The average molecular weight is 243 g/mol. The van der Waals surface area contributed by atoms with Gasteiger partial charge in [0.05, 0.1) is 0 Å². The van der Waals surface area contributed by atoms with Gasteiger partial charge in [-0.25, -0.2) is 4.79 Å². The molecule has 1 atom stereocenters. The average Bonchev–Trinajstić information content (AvgIpc) is 2.56. The van der Waals surface area contributed by atoms with Crippen LogP contribution in [-0.2, 0) is 9.59 Å². The summed E-state index contributed by atoms with van der Waals surface area (Å²) in [5.74, 6) is -0.981. The van der Waals surface area contributed by atoms with E-state index in [9.17, 15) is 14.4 Å². The molecule has 0 spiro atoms. The van der Waals surface area contributed by atoms with Gasteiger partial charge in [-0.3, -0.25) is 9.59 Å². The van der Waals surface area contributed by atoms with E-state index < -0.39 is 18.0 Å². The molecule has 96 valence electrons. The number of likely N-dealkylation sites (tertiary alicyclic amines) is 1. The number of carbonyl (C=O) groups excluding carboxylic acids is 2. The fourth-order valence-electron chi connectivity index (χ4n) is 1.61. The molecule has 0 aliphatic carbocycles. The third-order valence-electron chi connectivity index (χ3n) is 2.59. The van der Waals surface area contributed by atoms with Crippen molar-refractivity contribution in [1.82, 2.24) is 15.5 Å². The molecule has 3 amide bonds. The first kappa shape index (κ1) is 13.3. The summed E-state index contributed by atoms with van der Waals surface area (Å²) in [7, 11) is 1.69. The molecule has 1 aliphatic rings. The molecule has 7 heteroatoms. The topological polar surface area (TPSA) is 98.7 Å². The first-order valence-corrected chi connectivity index (χ1v) is 5.52. The maximum absolute atomic E-state index is 11.5. The van der Waals surface area contributed by atoms with Crippen molar-refractivity contribution in [2.24, 2.45) is 0 Å². The van der Waals surface area contributed by atoms with Gasteiger partial charge in [0.1, 0.15) is 6.04 Å². The second-order valence-electron chi connectivity index (χ2n) is 4.00. The molecular weight excluding hydrogens is 226 g/mol. The normalized spacial score (nSPS) is 19.2. The largest absolute Gasteiger partial charge is 0.481 e. The van der Waals surface area contributed by atoms with E-state index in [2.05, 4.69) is 10.6 Å². The van der Waals surface area contributed by atoms with Crippen LogP contribution in [0.25, 0.3) is 0 Å². The van der Waals surface area contributed by atoms with Gasteiger partial charge in [0.2, 0.25) is 5.91 Å². The highest BCUT2D eigenvalue weighted by Crippen LogP contribution is 2.07. The molecular formula is C10H17N3O4. The summed E-state index contributed by atoms with van der Waals surface area (Å²) in [6.07, 6.45) is 1.00. The Bertz CT molecular complexity index is 319. The quantitative estimate of drug-likeness (QED) is 0.560. The molecule has 0 aromatic carbocycles. The molecule has 0 bridgehead atoms. The van der Waals surface area contributed by atoms with E-state index in [1.165, 1.54) is 0 Å². The molecule has 1 heterocycles. The van der Waals surface area contributed by atoms with Crippen molar-refractivity contribution in [2.45, 2.75) is 25.3 Å². The first-order valence-electron chi connectivity index (χ1n) is 5.52. The Morgan fingerprint density at radius 1 is 1.53 bits per heavy atom. The van der Waals surface area contributed by atoms with Crippen molar-refractivity contribution < 1.29 is 19.5 Å². The van der Waals surface area contributed by atoms with Gasteiger partial charge in [0.15, 0.2) is 0 Å². The Morgan fingerprint density at radius 2 is 2.24 bits per heavy atom. The van der Waals surface area contributed by atoms with Crippen LogP contribution in [0.3, 0.4) is 0 Å². The van der Waals surface area contributed by atoms with Crippen molar-refractivity contribution in [3.63, 3.8) is 0 Å². The predicted molar refractivity (Wildman–Crippen MR) is 59.4 cm³/mol. The highest BCUT2D eigenvalue weighted by Gasteiger charge is 2.29. The molecule has 0 aromatic rings. The third kappa shape index (κ3) is 4.29. The lowest BCUT2D eigenvalue weighted by atomic mass is 10.2. The van der Waals surface area contributed by atoms with E-state index in [1.54, 1.807) is 11.9 Å². The monoisotopic (exact) mass is 243 g/mol. The van der Waals surface area contributed by atoms with Gasteiger partial charge in [0.25, 0.3) is 0 Å². The fraction of sp³-hybridized carbons (Fsp3) is 0.700. The molecule has 17 heavy (non-hydrogen) atoms. The minimum absolute atomic E-state index is 0.0192. The SMILES string of the molecule is CN1CCC(NC(=O)NCCCC(=O)O)C1=O. The van der Waals surface area contributed by atoms with Crippen LogP contribution < -0.4 is 10.6 Å². The first-order chi connectivity index (χ1) is 8.00. The van der Waals surface area contributed by atoms with Gasteiger partial charge >= 0.3 is 12.0 Å². The van der Waals surface area contributed by atoms with Crippen LogP contribution in [0.15, 0.2) is 0 Å². The highest BCUT2D eigenvalue weighted by atomic mass is 16.4. The molecule has 3 N–H and O–H groups in total. The number of likely N-dealkylation sites (N-methyl/N-ethyl adjacent to an activating group) is 1. The van der Waals surface area contributed by atoms with E-state index in [1.807, 2.05) is 0 Å². The van der Waals surface area contributed by atoms with Gasteiger partial charge in [-0.2, -0.15) is 0 Å². The van der Waals surface area contributed by atoms with Crippen LogP contribution in [0.2, 0.25) is 0 Å².